The minimum atomic E-state index is -0.949. The van der Waals surface area contributed by atoms with Gasteiger partial charge in [0.05, 0.1) is 17.6 Å². The van der Waals surface area contributed by atoms with Crippen LogP contribution < -0.4 is 10.5 Å². The van der Waals surface area contributed by atoms with Gasteiger partial charge < -0.3 is 9.64 Å². The molecule has 8 nitrogen and oxygen atoms in total. The average molecular weight is 466 g/mol. The van der Waals surface area contributed by atoms with E-state index in [2.05, 4.69) is 5.53 Å². The Kier molecular flexibility index (Phi) is 5.78. The van der Waals surface area contributed by atoms with E-state index in [4.69, 9.17) is 21.3 Å². The van der Waals surface area contributed by atoms with E-state index in [0.29, 0.717) is 16.4 Å². The van der Waals surface area contributed by atoms with E-state index in [-0.39, 0.29) is 6.03 Å². The van der Waals surface area contributed by atoms with E-state index in [1.165, 1.54) is 11.9 Å². The number of nitrogens with one attached hydrogen (secondary N) is 1. The Morgan fingerprint density at radius 2 is 1.85 bits per heavy atom. The van der Waals surface area contributed by atoms with Crippen molar-refractivity contribution >= 4 is 35.0 Å². The first kappa shape index (κ1) is 21.5. The van der Waals surface area contributed by atoms with Crippen molar-refractivity contribution < 1.29 is 14.3 Å². The number of esters is 1. The van der Waals surface area contributed by atoms with Crippen molar-refractivity contribution in [2.45, 2.75) is 32.4 Å². The van der Waals surface area contributed by atoms with E-state index in [1.807, 2.05) is 47.4 Å². The van der Waals surface area contributed by atoms with Crippen LogP contribution in [0.4, 0.5) is 10.5 Å². The number of carbonyl (C=O) groups is 2. The van der Waals surface area contributed by atoms with Gasteiger partial charge in [-0.25, -0.2) is 14.8 Å². The molecule has 5 rings (SSSR count). The third kappa shape index (κ3) is 4.19. The number of aliphatic imine (C=N–C) groups is 1. The van der Waals surface area contributed by atoms with Gasteiger partial charge in [-0.15, -0.1) is 5.53 Å². The number of hydrogen-bond acceptors (Lipinski definition) is 6. The molecule has 1 fully saturated rings. The number of likely N-dealkylation sites (tertiary alicyclic amines) is 1. The first-order valence-corrected chi connectivity index (χ1v) is 11.4. The molecule has 0 aromatic heterocycles. The van der Waals surface area contributed by atoms with Crippen LogP contribution >= 0.6 is 11.6 Å². The van der Waals surface area contributed by atoms with Gasteiger partial charge >= 0.3 is 12.0 Å². The Bertz CT molecular complexity index is 1140. The minimum absolute atomic E-state index is 0.153. The molecule has 9 heteroatoms. The second kappa shape index (κ2) is 8.88. The monoisotopic (exact) mass is 465 g/mol. The molecule has 1 atom stereocenters. The number of nitrogens with zero attached hydrogens (tertiary/aromatic N) is 4. The number of urea groups is 1. The molecule has 0 radical (unpaired) electrons. The number of halogens is 1. The molecule has 1 saturated heterocycles. The van der Waals surface area contributed by atoms with Gasteiger partial charge in [0.25, 0.3) is 0 Å². The molecule has 33 heavy (non-hydrogen) atoms. The number of piperidine rings is 1. The molecule has 0 saturated carbocycles. The molecule has 3 heterocycles. The zero-order chi connectivity index (χ0) is 22.9. The highest BCUT2D eigenvalue weighted by Gasteiger charge is 2.38. The molecular weight excluding hydrogens is 442 g/mol. The van der Waals surface area contributed by atoms with Crippen molar-refractivity contribution in [3.8, 4) is 0 Å². The smallest absolute Gasteiger partial charge is 0.340 e. The third-order valence-electron chi connectivity index (χ3n) is 5.84. The first-order valence-electron chi connectivity index (χ1n) is 11.0. The number of anilines is 1. The summed E-state index contributed by atoms with van der Waals surface area (Å²) in [6.45, 7) is 2.78. The second-order valence-corrected chi connectivity index (χ2v) is 8.59. The van der Waals surface area contributed by atoms with E-state index in [9.17, 15) is 9.59 Å². The highest BCUT2D eigenvalue weighted by molar-refractivity contribution is 6.31. The number of ether oxygens (including phenoxy) is 1. The average Bonchev–Trinajstić information content (AvgIpc) is 3.23. The van der Waals surface area contributed by atoms with Crippen LogP contribution in [0.1, 0.15) is 37.3 Å². The summed E-state index contributed by atoms with van der Waals surface area (Å²) < 4.78 is 5.61. The normalized spacial score (nSPS) is 19.8. The van der Waals surface area contributed by atoms with Gasteiger partial charge in [-0.2, -0.15) is 0 Å². The molecule has 0 aliphatic carbocycles. The zero-order valence-corrected chi connectivity index (χ0v) is 19.0. The SMILES string of the molecule is CC(=O)OC1N=C(c2ccccc2)c2cc(Cl)ccc2N2NN(C(=O)N3CCCCC3)C=C12. The lowest BCUT2D eigenvalue weighted by Gasteiger charge is -2.31. The van der Waals surface area contributed by atoms with Crippen LogP contribution in [-0.2, 0) is 9.53 Å². The van der Waals surface area contributed by atoms with Crippen molar-refractivity contribution in [2.24, 2.45) is 4.99 Å². The van der Waals surface area contributed by atoms with Gasteiger partial charge in [-0.3, -0.25) is 9.80 Å². The molecule has 2 aromatic rings. The highest BCUT2D eigenvalue weighted by Crippen LogP contribution is 2.36. The van der Waals surface area contributed by atoms with Crippen molar-refractivity contribution in [2.75, 3.05) is 18.1 Å². The number of carbonyl (C=O) groups excluding carboxylic acids is 2. The summed E-state index contributed by atoms with van der Waals surface area (Å²) in [6, 6.07) is 15.0. The van der Waals surface area contributed by atoms with Crippen molar-refractivity contribution in [3.05, 3.63) is 76.6 Å². The van der Waals surface area contributed by atoms with Crippen LogP contribution in [0.3, 0.4) is 0 Å². The van der Waals surface area contributed by atoms with Crippen LogP contribution in [0.25, 0.3) is 0 Å². The fourth-order valence-electron chi connectivity index (χ4n) is 4.30. The van der Waals surface area contributed by atoms with Crippen LogP contribution in [-0.4, -0.2) is 46.9 Å². The van der Waals surface area contributed by atoms with Crippen LogP contribution in [0.15, 0.2) is 65.4 Å². The summed E-state index contributed by atoms with van der Waals surface area (Å²) in [5.74, 6) is -0.471. The molecule has 170 valence electrons. The molecule has 3 aliphatic rings. The number of hydrogen-bond donors (Lipinski definition) is 1. The Morgan fingerprint density at radius 1 is 1.09 bits per heavy atom. The standard InChI is InChI=1S/C24H24ClN5O3/c1-16(31)33-23-21-15-29(24(32)28-12-6-3-7-13-28)27-30(21)20-11-10-18(25)14-19(20)22(26-23)17-8-4-2-5-9-17/h2,4-5,8-11,14-15,23,27H,3,6-7,12-13H2,1H3. The maximum Gasteiger partial charge on any atom is 0.340 e. The van der Waals surface area contributed by atoms with Crippen LogP contribution in [0, 0.1) is 0 Å². The van der Waals surface area contributed by atoms with Gasteiger partial charge in [-0.1, -0.05) is 41.9 Å². The minimum Gasteiger partial charge on any atom is -0.434 e. The predicted octanol–water partition coefficient (Wildman–Crippen LogP) is 4.07. The lowest BCUT2D eigenvalue weighted by atomic mass is 10.0. The summed E-state index contributed by atoms with van der Waals surface area (Å²) in [5.41, 5.74) is 6.70. The quantitative estimate of drug-likeness (QED) is 0.676. The predicted molar refractivity (Wildman–Crippen MR) is 125 cm³/mol. The summed E-state index contributed by atoms with van der Waals surface area (Å²) in [4.78, 5) is 31.8. The number of rotatable bonds is 2. The number of fused-ring (bicyclic) bond motifs is 3. The lowest BCUT2D eigenvalue weighted by molar-refractivity contribution is -0.144. The molecule has 1 N–H and O–H groups in total. The number of hydrazine groups is 2. The molecule has 2 aromatic carbocycles. The Morgan fingerprint density at radius 3 is 2.58 bits per heavy atom. The van der Waals surface area contributed by atoms with E-state index >= 15 is 0 Å². The third-order valence-corrected chi connectivity index (χ3v) is 6.07. The Hall–Kier alpha value is -3.36. The molecule has 0 bridgehead atoms. The summed E-state index contributed by atoms with van der Waals surface area (Å²) >= 11 is 6.36. The van der Waals surface area contributed by atoms with Crippen molar-refractivity contribution in [3.63, 3.8) is 0 Å². The maximum absolute atomic E-state index is 13.2. The fraction of sp³-hybridized carbons (Fsp3) is 0.292. The second-order valence-electron chi connectivity index (χ2n) is 8.16. The maximum atomic E-state index is 13.2. The van der Waals surface area contributed by atoms with E-state index < -0.39 is 12.2 Å². The Labute approximate surface area is 197 Å². The summed E-state index contributed by atoms with van der Waals surface area (Å²) in [7, 11) is 0. The molecule has 0 spiro atoms. The van der Waals surface area contributed by atoms with Crippen molar-refractivity contribution in [1.82, 2.24) is 15.4 Å². The molecular formula is C24H24ClN5O3. The zero-order valence-electron chi connectivity index (χ0n) is 18.2. The highest BCUT2D eigenvalue weighted by atomic mass is 35.5. The van der Waals surface area contributed by atoms with Gasteiger partial charge in [0, 0.05) is 36.2 Å². The van der Waals surface area contributed by atoms with E-state index in [0.717, 1.165) is 49.2 Å². The van der Waals surface area contributed by atoms with Crippen LogP contribution in [0.2, 0.25) is 5.02 Å². The van der Waals surface area contributed by atoms with Crippen molar-refractivity contribution in [1.29, 1.82) is 0 Å². The summed E-state index contributed by atoms with van der Waals surface area (Å²) in [5, 5.41) is 3.72. The molecule has 3 aliphatic heterocycles. The summed E-state index contributed by atoms with van der Waals surface area (Å²) in [6.07, 6.45) is 3.81. The van der Waals surface area contributed by atoms with Gasteiger partial charge in [0.15, 0.2) is 0 Å². The molecule has 2 amide bonds. The fourth-order valence-corrected chi connectivity index (χ4v) is 4.47. The van der Waals surface area contributed by atoms with Gasteiger partial charge in [-0.05, 0) is 37.5 Å². The molecule has 1 unspecified atom stereocenters. The first-order chi connectivity index (χ1) is 16.0. The lowest BCUT2D eigenvalue weighted by Crippen LogP contribution is -2.51. The van der Waals surface area contributed by atoms with Gasteiger partial charge in [0.1, 0.15) is 5.70 Å². The van der Waals surface area contributed by atoms with Gasteiger partial charge in [0.2, 0.25) is 6.23 Å². The number of amides is 2. The Balaban J connectivity index is 1.61. The number of benzene rings is 2. The largest absolute Gasteiger partial charge is 0.434 e. The topological polar surface area (TPSA) is 77.5 Å². The van der Waals surface area contributed by atoms with Crippen LogP contribution in [0.5, 0.6) is 0 Å². The van der Waals surface area contributed by atoms with E-state index in [1.54, 1.807) is 17.3 Å².